The molecule has 3 nitrogen and oxygen atoms in total. The van der Waals surface area contributed by atoms with Crippen LogP contribution < -0.4 is 0 Å². The maximum Gasteiger partial charge on any atom is 0.410 e. The quantitative estimate of drug-likeness (QED) is 0.772. The van der Waals surface area contributed by atoms with Crippen molar-refractivity contribution in [2.24, 2.45) is 5.92 Å². The molecule has 0 spiro atoms. The van der Waals surface area contributed by atoms with Crippen molar-refractivity contribution in [3.63, 3.8) is 0 Å². The maximum absolute atomic E-state index is 12.1. The smallest absolute Gasteiger partial charge is 0.410 e. The fraction of sp³-hybridized carbons (Fsp3) is 0.562. The van der Waals surface area contributed by atoms with Crippen molar-refractivity contribution in [1.29, 1.82) is 0 Å². The van der Waals surface area contributed by atoms with Gasteiger partial charge in [-0.3, -0.25) is 0 Å². The first-order valence-electron chi connectivity index (χ1n) is 6.99. The molecule has 1 saturated heterocycles. The third-order valence-electron chi connectivity index (χ3n) is 3.56. The number of carbonyl (C=O) groups excluding carboxylic acids is 1. The first-order chi connectivity index (χ1) is 9.26. The highest BCUT2D eigenvalue weighted by molar-refractivity contribution is 6.30. The number of hydrogen-bond donors (Lipinski definition) is 0. The molecule has 2 rings (SSSR count). The molecule has 1 aliphatic heterocycles. The molecule has 1 aromatic rings. The van der Waals surface area contributed by atoms with E-state index in [1.165, 1.54) is 5.56 Å². The van der Waals surface area contributed by atoms with Gasteiger partial charge < -0.3 is 9.64 Å². The van der Waals surface area contributed by atoms with E-state index in [1.54, 1.807) is 4.90 Å². The van der Waals surface area contributed by atoms with Gasteiger partial charge in [0, 0.05) is 24.0 Å². The lowest BCUT2D eigenvalue weighted by atomic mass is 9.90. The van der Waals surface area contributed by atoms with Crippen LogP contribution in [0, 0.1) is 5.92 Å². The molecule has 2 unspecified atom stereocenters. The van der Waals surface area contributed by atoms with E-state index in [4.69, 9.17) is 16.3 Å². The molecular weight excluding hydrogens is 274 g/mol. The first-order valence-corrected chi connectivity index (χ1v) is 7.37. The van der Waals surface area contributed by atoms with Crippen LogP contribution in [0.2, 0.25) is 5.02 Å². The fourth-order valence-electron chi connectivity index (χ4n) is 2.59. The van der Waals surface area contributed by atoms with E-state index >= 15 is 0 Å². The Balaban J connectivity index is 2.05. The van der Waals surface area contributed by atoms with Crippen LogP contribution in [0.3, 0.4) is 0 Å². The van der Waals surface area contributed by atoms with Gasteiger partial charge >= 0.3 is 6.09 Å². The second-order valence-corrected chi connectivity index (χ2v) is 6.96. The van der Waals surface area contributed by atoms with Gasteiger partial charge in [-0.05, 0) is 44.4 Å². The van der Waals surface area contributed by atoms with Gasteiger partial charge in [-0.2, -0.15) is 0 Å². The van der Waals surface area contributed by atoms with Crippen molar-refractivity contribution in [2.75, 3.05) is 13.1 Å². The number of rotatable bonds is 1. The lowest BCUT2D eigenvalue weighted by Gasteiger charge is -2.24. The van der Waals surface area contributed by atoms with Gasteiger partial charge in [-0.15, -0.1) is 0 Å². The molecule has 2 atom stereocenters. The molecule has 0 saturated carbocycles. The van der Waals surface area contributed by atoms with Gasteiger partial charge in [0.2, 0.25) is 0 Å². The number of likely N-dealkylation sites (tertiary alicyclic amines) is 1. The average molecular weight is 296 g/mol. The Morgan fingerprint density at radius 1 is 1.25 bits per heavy atom. The predicted octanol–water partition coefficient (Wildman–Crippen LogP) is 4.31. The molecule has 1 fully saturated rings. The first kappa shape index (κ1) is 15.2. The van der Waals surface area contributed by atoms with E-state index in [0.29, 0.717) is 18.4 Å². The lowest BCUT2D eigenvalue weighted by Crippen LogP contribution is -2.35. The minimum absolute atomic E-state index is 0.221. The van der Waals surface area contributed by atoms with Crippen LogP contribution in [0.4, 0.5) is 4.79 Å². The summed E-state index contributed by atoms with van der Waals surface area (Å²) in [6, 6.07) is 7.89. The zero-order chi connectivity index (χ0) is 14.9. The van der Waals surface area contributed by atoms with Crippen LogP contribution in [-0.4, -0.2) is 29.7 Å². The Labute approximate surface area is 125 Å². The van der Waals surface area contributed by atoms with Gasteiger partial charge in [0.25, 0.3) is 0 Å². The summed E-state index contributed by atoms with van der Waals surface area (Å²) in [6.45, 7) is 9.28. The van der Waals surface area contributed by atoms with Gasteiger partial charge in [0.1, 0.15) is 5.60 Å². The molecule has 1 amide bonds. The van der Waals surface area contributed by atoms with Crippen molar-refractivity contribution < 1.29 is 9.53 Å². The van der Waals surface area contributed by atoms with E-state index < -0.39 is 5.60 Å². The Morgan fingerprint density at radius 2 is 1.85 bits per heavy atom. The molecule has 0 N–H and O–H groups in total. The highest BCUT2D eigenvalue weighted by Crippen LogP contribution is 2.33. The van der Waals surface area contributed by atoms with Gasteiger partial charge in [-0.1, -0.05) is 30.7 Å². The highest BCUT2D eigenvalue weighted by atomic mass is 35.5. The average Bonchev–Trinajstić information content (AvgIpc) is 2.70. The normalized spacial score (nSPS) is 22.9. The van der Waals surface area contributed by atoms with Gasteiger partial charge in [-0.25, -0.2) is 4.79 Å². The molecule has 0 aliphatic carbocycles. The van der Waals surface area contributed by atoms with Crippen molar-refractivity contribution in [2.45, 2.75) is 39.2 Å². The van der Waals surface area contributed by atoms with Crippen molar-refractivity contribution in [3.05, 3.63) is 34.9 Å². The van der Waals surface area contributed by atoms with Gasteiger partial charge in [0.15, 0.2) is 0 Å². The highest BCUT2D eigenvalue weighted by Gasteiger charge is 2.35. The van der Waals surface area contributed by atoms with Crippen molar-refractivity contribution in [1.82, 2.24) is 4.90 Å². The van der Waals surface area contributed by atoms with Crippen molar-refractivity contribution >= 4 is 17.7 Å². The number of halogens is 1. The minimum atomic E-state index is -0.446. The summed E-state index contributed by atoms with van der Waals surface area (Å²) in [5.41, 5.74) is 0.784. The molecule has 1 aromatic carbocycles. The van der Waals surface area contributed by atoms with E-state index in [1.807, 2.05) is 45.0 Å². The molecule has 4 heteroatoms. The molecule has 0 radical (unpaired) electrons. The predicted molar refractivity (Wildman–Crippen MR) is 81.2 cm³/mol. The number of nitrogens with zero attached hydrogens (tertiary/aromatic N) is 1. The van der Waals surface area contributed by atoms with Crippen molar-refractivity contribution in [3.8, 4) is 0 Å². The second-order valence-electron chi connectivity index (χ2n) is 6.52. The van der Waals surface area contributed by atoms with Crippen LogP contribution in [0.15, 0.2) is 24.3 Å². The third kappa shape index (κ3) is 3.66. The summed E-state index contributed by atoms with van der Waals surface area (Å²) in [5, 5.41) is 0.739. The Morgan fingerprint density at radius 3 is 2.40 bits per heavy atom. The number of hydrogen-bond acceptors (Lipinski definition) is 2. The molecule has 1 aliphatic rings. The summed E-state index contributed by atoms with van der Waals surface area (Å²) < 4.78 is 5.44. The summed E-state index contributed by atoms with van der Waals surface area (Å²) in [4.78, 5) is 13.9. The Bertz CT molecular complexity index is 478. The summed E-state index contributed by atoms with van der Waals surface area (Å²) in [7, 11) is 0. The van der Waals surface area contributed by atoms with E-state index in [9.17, 15) is 4.79 Å². The zero-order valence-electron chi connectivity index (χ0n) is 12.5. The van der Waals surface area contributed by atoms with Crippen LogP contribution in [0.25, 0.3) is 0 Å². The summed E-state index contributed by atoms with van der Waals surface area (Å²) >= 11 is 5.92. The number of benzene rings is 1. The topological polar surface area (TPSA) is 29.5 Å². The number of ether oxygens (including phenoxy) is 1. The van der Waals surface area contributed by atoms with E-state index in [2.05, 4.69) is 6.92 Å². The Kier molecular flexibility index (Phi) is 4.28. The minimum Gasteiger partial charge on any atom is -0.444 e. The third-order valence-corrected chi connectivity index (χ3v) is 3.81. The van der Waals surface area contributed by atoms with Crippen LogP contribution in [0.1, 0.15) is 39.2 Å². The molecule has 20 heavy (non-hydrogen) atoms. The van der Waals surface area contributed by atoms with Crippen LogP contribution in [-0.2, 0) is 4.74 Å². The maximum atomic E-state index is 12.1. The zero-order valence-corrected chi connectivity index (χ0v) is 13.3. The summed E-state index contributed by atoms with van der Waals surface area (Å²) in [6.07, 6.45) is -0.221. The molecule has 0 bridgehead atoms. The van der Waals surface area contributed by atoms with E-state index in [-0.39, 0.29) is 6.09 Å². The van der Waals surface area contributed by atoms with E-state index in [0.717, 1.165) is 11.6 Å². The monoisotopic (exact) mass is 295 g/mol. The lowest BCUT2D eigenvalue weighted by molar-refractivity contribution is 0.0287. The molecular formula is C16H22ClNO2. The number of amides is 1. The largest absolute Gasteiger partial charge is 0.444 e. The second kappa shape index (κ2) is 5.65. The van der Waals surface area contributed by atoms with Crippen LogP contribution >= 0.6 is 11.6 Å². The number of carbonyl (C=O) groups is 1. The SMILES string of the molecule is CC1CN(C(=O)OC(C)(C)C)CC1c1ccc(Cl)cc1. The standard InChI is InChI=1S/C16H22ClNO2/c1-11-9-18(15(19)20-16(2,3)4)10-14(11)12-5-7-13(17)8-6-12/h5-8,11,14H,9-10H2,1-4H3. The Hall–Kier alpha value is -1.22. The molecule has 0 aromatic heterocycles. The molecule has 1 heterocycles. The fourth-order valence-corrected chi connectivity index (χ4v) is 2.71. The summed E-state index contributed by atoms with van der Waals surface area (Å²) in [5.74, 6) is 0.767. The van der Waals surface area contributed by atoms with Crippen LogP contribution in [0.5, 0.6) is 0 Å². The molecule has 110 valence electrons. The van der Waals surface area contributed by atoms with Gasteiger partial charge in [0.05, 0.1) is 0 Å².